The highest BCUT2D eigenvalue weighted by Gasteiger charge is 2.29. The number of amides is 1. The molecule has 160 valence electrons. The van der Waals surface area contributed by atoms with Gasteiger partial charge in [0, 0.05) is 32.0 Å². The Hall–Kier alpha value is -2.94. The van der Waals surface area contributed by atoms with Crippen LogP contribution in [0.1, 0.15) is 35.9 Å². The summed E-state index contributed by atoms with van der Waals surface area (Å²) in [5.74, 6) is 0.703. The minimum Gasteiger partial charge on any atom is -0.383 e. The molecule has 1 aliphatic rings. The fraction of sp³-hybridized carbons (Fsp3) is 0.524. The van der Waals surface area contributed by atoms with Crippen molar-refractivity contribution in [2.24, 2.45) is 0 Å². The molecule has 0 radical (unpaired) electrons. The maximum absolute atomic E-state index is 13.2. The van der Waals surface area contributed by atoms with E-state index in [1.54, 1.807) is 22.4 Å². The Morgan fingerprint density at radius 1 is 1.37 bits per heavy atom. The summed E-state index contributed by atoms with van der Waals surface area (Å²) >= 11 is 0. The summed E-state index contributed by atoms with van der Waals surface area (Å²) in [6.45, 7) is 5.75. The molecule has 9 nitrogen and oxygen atoms in total. The molecule has 3 aromatic rings. The van der Waals surface area contributed by atoms with Crippen LogP contribution >= 0.6 is 0 Å². The SMILES string of the molecule is COCCn1c(=O)n([C@H]2CCCN(C(=O)Cc3c(C)noc3C)C2)c2ncccc21. The van der Waals surface area contributed by atoms with Gasteiger partial charge in [-0.15, -0.1) is 0 Å². The van der Waals surface area contributed by atoms with Gasteiger partial charge in [0.1, 0.15) is 5.76 Å². The lowest BCUT2D eigenvalue weighted by Gasteiger charge is -2.33. The van der Waals surface area contributed by atoms with Gasteiger partial charge in [0.15, 0.2) is 5.65 Å². The van der Waals surface area contributed by atoms with Crippen molar-refractivity contribution in [3.63, 3.8) is 0 Å². The van der Waals surface area contributed by atoms with Gasteiger partial charge in [0.05, 0.1) is 36.8 Å². The predicted molar refractivity (Wildman–Crippen MR) is 110 cm³/mol. The number of aromatic nitrogens is 4. The number of piperidine rings is 1. The summed E-state index contributed by atoms with van der Waals surface area (Å²) in [7, 11) is 1.62. The monoisotopic (exact) mass is 413 g/mol. The lowest BCUT2D eigenvalue weighted by atomic mass is 10.0. The zero-order valence-electron chi connectivity index (χ0n) is 17.6. The zero-order valence-corrected chi connectivity index (χ0v) is 17.6. The Labute approximate surface area is 174 Å². The lowest BCUT2D eigenvalue weighted by molar-refractivity contribution is -0.132. The Bertz CT molecular complexity index is 1090. The Morgan fingerprint density at radius 3 is 2.93 bits per heavy atom. The molecule has 1 atom stereocenters. The molecule has 4 rings (SSSR count). The Morgan fingerprint density at radius 2 is 2.20 bits per heavy atom. The number of hydrogen-bond donors (Lipinski definition) is 0. The molecule has 0 spiro atoms. The van der Waals surface area contributed by atoms with Crippen LogP contribution < -0.4 is 5.69 Å². The van der Waals surface area contributed by atoms with Gasteiger partial charge in [0.25, 0.3) is 0 Å². The number of pyridine rings is 1. The fourth-order valence-electron chi connectivity index (χ4n) is 4.25. The number of carbonyl (C=O) groups is 1. The lowest BCUT2D eigenvalue weighted by Crippen LogP contribution is -2.43. The highest BCUT2D eigenvalue weighted by atomic mass is 16.5. The van der Waals surface area contributed by atoms with E-state index < -0.39 is 0 Å². The van der Waals surface area contributed by atoms with Gasteiger partial charge in [-0.1, -0.05) is 5.16 Å². The summed E-state index contributed by atoms with van der Waals surface area (Å²) in [4.78, 5) is 32.5. The number of methoxy groups -OCH3 is 1. The number of aryl methyl sites for hydroxylation is 2. The standard InChI is InChI=1S/C21H27N5O4/c1-14-17(15(2)30-23-14)12-19(27)24-9-5-6-16(13-24)26-20-18(7-4-8-22-20)25(21(26)28)10-11-29-3/h4,7-8,16H,5-6,9-13H2,1-3H3/t16-/m0/s1. The third-order valence-corrected chi connectivity index (χ3v) is 5.86. The Balaban J connectivity index is 1.60. The van der Waals surface area contributed by atoms with Crippen LogP contribution in [-0.4, -0.2) is 56.9 Å². The van der Waals surface area contributed by atoms with Crippen LogP contribution in [0, 0.1) is 13.8 Å². The Kier molecular flexibility index (Phi) is 5.72. The third-order valence-electron chi connectivity index (χ3n) is 5.86. The van der Waals surface area contributed by atoms with Crippen molar-refractivity contribution in [2.75, 3.05) is 26.8 Å². The first-order valence-corrected chi connectivity index (χ1v) is 10.3. The van der Waals surface area contributed by atoms with Gasteiger partial charge in [-0.25, -0.2) is 9.78 Å². The van der Waals surface area contributed by atoms with Crippen LogP contribution in [0.3, 0.4) is 0 Å². The number of carbonyl (C=O) groups excluding carboxylic acids is 1. The molecule has 30 heavy (non-hydrogen) atoms. The smallest absolute Gasteiger partial charge is 0.330 e. The van der Waals surface area contributed by atoms with Crippen LogP contribution in [0.15, 0.2) is 27.6 Å². The molecule has 1 saturated heterocycles. The van der Waals surface area contributed by atoms with Gasteiger partial charge < -0.3 is 14.2 Å². The average molecular weight is 413 g/mol. The van der Waals surface area contributed by atoms with E-state index in [4.69, 9.17) is 9.26 Å². The van der Waals surface area contributed by atoms with Crippen molar-refractivity contribution >= 4 is 17.1 Å². The topological polar surface area (TPSA) is 95.4 Å². The minimum atomic E-state index is -0.110. The molecular weight excluding hydrogens is 386 g/mol. The molecule has 1 amide bonds. The van der Waals surface area contributed by atoms with E-state index in [0.29, 0.717) is 37.6 Å². The first kappa shape index (κ1) is 20.3. The number of likely N-dealkylation sites (tertiary alicyclic amines) is 1. The molecule has 0 aromatic carbocycles. The van der Waals surface area contributed by atoms with Crippen LogP contribution in [0.25, 0.3) is 11.2 Å². The average Bonchev–Trinajstić information content (AvgIpc) is 3.22. The highest BCUT2D eigenvalue weighted by Crippen LogP contribution is 2.25. The largest absolute Gasteiger partial charge is 0.383 e. The summed E-state index contributed by atoms with van der Waals surface area (Å²) in [6.07, 6.45) is 3.62. The summed E-state index contributed by atoms with van der Waals surface area (Å²) < 4.78 is 13.8. The van der Waals surface area contributed by atoms with Crippen molar-refractivity contribution in [2.45, 2.75) is 45.7 Å². The number of ether oxygens (including phenoxy) is 1. The van der Waals surface area contributed by atoms with Crippen molar-refractivity contribution in [1.82, 2.24) is 24.2 Å². The summed E-state index contributed by atoms with van der Waals surface area (Å²) in [6, 6.07) is 3.62. The van der Waals surface area contributed by atoms with Crippen molar-refractivity contribution in [3.05, 3.63) is 45.8 Å². The van der Waals surface area contributed by atoms with Crippen LogP contribution in [0.4, 0.5) is 0 Å². The first-order valence-electron chi connectivity index (χ1n) is 10.3. The molecule has 9 heteroatoms. The van der Waals surface area contributed by atoms with E-state index in [0.717, 1.165) is 29.6 Å². The molecular formula is C21H27N5O4. The zero-order chi connectivity index (χ0) is 21.3. The van der Waals surface area contributed by atoms with E-state index in [1.807, 2.05) is 30.9 Å². The molecule has 0 aliphatic carbocycles. The quantitative estimate of drug-likeness (QED) is 0.612. The molecule has 3 aromatic heterocycles. The van der Waals surface area contributed by atoms with E-state index in [9.17, 15) is 9.59 Å². The molecule has 1 aliphatic heterocycles. The van der Waals surface area contributed by atoms with Gasteiger partial charge in [-0.2, -0.15) is 0 Å². The van der Waals surface area contributed by atoms with Crippen LogP contribution in [0.5, 0.6) is 0 Å². The third kappa shape index (κ3) is 3.65. The van der Waals surface area contributed by atoms with E-state index >= 15 is 0 Å². The van der Waals surface area contributed by atoms with E-state index in [-0.39, 0.29) is 24.1 Å². The van der Waals surface area contributed by atoms with Gasteiger partial charge >= 0.3 is 5.69 Å². The van der Waals surface area contributed by atoms with Crippen LogP contribution in [0.2, 0.25) is 0 Å². The van der Waals surface area contributed by atoms with Gasteiger partial charge in [-0.3, -0.25) is 13.9 Å². The summed E-state index contributed by atoms with van der Waals surface area (Å²) in [5, 5.41) is 3.94. The highest BCUT2D eigenvalue weighted by molar-refractivity contribution is 5.79. The van der Waals surface area contributed by atoms with Crippen molar-refractivity contribution in [1.29, 1.82) is 0 Å². The molecule has 4 heterocycles. The second-order valence-corrected chi connectivity index (χ2v) is 7.76. The molecule has 0 unspecified atom stereocenters. The maximum Gasteiger partial charge on any atom is 0.330 e. The first-order chi connectivity index (χ1) is 14.5. The number of fused-ring (bicyclic) bond motifs is 1. The maximum atomic E-state index is 13.2. The molecule has 0 N–H and O–H groups in total. The number of nitrogens with zero attached hydrogens (tertiary/aromatic N) is 5. The number of imidazole rings is 1. The van der Waals surface area contributed by atoms with Gasteiger partial charge in [-0.05, 0) is 38.8 Å². The second kappa shape index (κ2) is 8.43. The van der Waals surface area contributed by atoms with Crippen molar-refractivity contribution < 1.29 is 14.1 Å². The fourth-order valence-corrected chi connectivity index (χ4v) is 4.25. The van der Waals surface area contributed by atoms with Crippen molar-refractivity contribution in [3.8, 4) is 0 Å². The normalized spacial score (nSPS) is 17.0. The van der Waals surface area contributed by atoms with Crippen LogP contribution in [-0.2, 0) is 22.5 Å². The predicted octanol–water partition coefficient (Wildman–Crippen LogP) is 1.86. The van der Waals surface area contributed by atoms with Gasteiger partial charge in [0.2, 0.25) is 5.91 Å². The minimum absolute atomic E-state index is 0.0261. The molecule has 1 fully saturated rings. The number of rotatable bonds is 6. The second-order valence-electron chi connectivity index (χ2n) is 7.76. The molecule has 0 bridgehead atoms. The summed E-state index contributed by atoms with van der Waals surface area (Å²) in [5.41, 5.74) is 2.93. The van der Waals surface area contributed by atoms with E-state index in [1.165, 1.54) is 0 Å². The molecule has 0 saturated carbocycles. The number of hydrogen-bond acceptors (Lipinski definition) is 6. The van der Waals surface area contributed by atoms with E-state index in [2.05, 4.69) is 10.1 Å².